The number of carboxylic acids is 1. The molecule has 20 heavy (non-hydrogen) atoms. The van der Waals surface area contributed by atoms with Gasteiger partial charge in [0.25, 0.3) is 11.5 Å². The molecule has 0 bridgehead atoms. The van der Waals surface area contributed by atoms with Crippen LogP contribution in [0.15, 0.2) is 23.1 Å². The highest BCUT2D eigenvalue weighted by molar-refractivity contribution is 5.94. The van der Waals surface area contributed by atoms with Crippen LogP contribution < -0.4 is 10.9 Å². The zero-order chi connectivity index (χ0) is 15.3. The number of pyridine rings is 1. The van der Waals surface area contributed by atoms with Crippen molar-refractivity contribution in [2.45, 2.75) is 18.9 Å². The number of aliphatic carboxylic acids is 1. The van der Waals surface area contributed by atoms with Crippen LogP contribution in [0.3, 0.4) is 0 Å². The van der Waals surface area contributed by atoms with Crippen LogP contribution in [0.1, 0.15) is 23.7 Å². The molecule has 0 saturated heterocycles. The number of rotatable bonds is 6. The molecule has 7 heteroatoms. The molecule has 0 saturated carbocycles. The molecule has 1 aromatic rings. The zero-order valence-corrected chi connectivity index (χ0v) is 11.7. The molecule has 1 rings (SSSR count). The number of nitrogens with zero attached hydrogens (tertiary/aromatic N) is 1. The van der Waals surface area contributed by atoms with Gasteiger partial charge in [-0.1, -0.05) is 0 Å². The van der Waals surface area contributed by atoms with Gasteiger partial charge in [0.05, 0.1) is 18.6 Å². The quantitative estimate of drug-likeness (QED) is 0.765. The second-order valence-corrected chi connectivity index (χ2v) is 4.88. The van der Waals surface area contributed by atoms with Gasteiger partial charge in [0, 0.05) is 32.0 Å². The van der Waals surface area contributed by atoms with Crippen molar-refractivity contribution in [2.75, 3.05) is 13.7 Å². The van der Waals surface area contributed by atoms with Gasteiger partial charge in [-0.2, -0.15) is 0 Å². The molecule has 0 aromatic carbocycles. The maximum atomic E-state index is 12.1. The molecule has 7 nitrogen and oxygen atoms in total. The van der Waals surface area contributed by atoms with E-state index in [-0.39, 0.29) is 24.2 Å². The molecular formula is C13H18N2O5. The first kappa shape index (κ1) is 15.9. The Hall–Kier alpha value is -2.15. The maximum absolute atomic E-state index is 12.1. The summed E-state index contributed by atoms with van der Waals surface area (Å²) in [6, 6.07) is 2.69. The van der Waals surface area contributed by atoms with Gasteiger partial charge in [0.1, 0.15) is 0 Å². The number of ether oxygens (including phenoxy) is 1. The van der Waals surface area contributed by atoms with Gasteiger partial charge in [-0.05, 0) is 13.0 Å². The summed E-state index contributed by atoms with van der Waals surface area (Å²) in [6.07, 6.45) is 1.19. The Balaban J connectivity index is 2.92. The van der Waals surface area contributed by atoms with Crippen molar-refractivity contribution in [3.63, 3.8) is 0 Å². The van der Waals surface area contributed by atoms with Gasteiger partial charge in [0.2, 0.25) is 0 Å². The van der Waals surface area contributed by atoms with E-state index in [2.05, 4.69) is 5.32 Å². The standard InChI is InChI=1S/C13H18N2O5/c1-13(8-20-3,7-11(17)18)14-12(19)9-4-5-15(2)10(16)6-9/h4-6H,7-8H2,1-3H3,(H,14,19)(H,17,18). The SMILES string of the molecule is COCC(C)(CC(=O)O)NC(=O)c1ccn(C)c(=O)c1. The van der Waals surface area contributed by atoms with E-state index in [0.29, 0.717) is 0 Å². The average Bonchev–Trinajstić information content (AvgIpc) is 2.31. The van der Waals surface area contributed by atoms with E-state index in [4.69, 9.17) is 9.84 Å². The Labute approximate surface area is 116 Å². The molecule has 1 amide bonds. The Morgan fingerprint density at radius 2 is 2.15 bits per heavy atom. The van der Waals surface area contributed by atoms with Crippen LogP contribution in [0.4, 0.5) is 0 Å². The molecule has 1 atom stereocenters. The topological polar surface area (TPSA) is 97.6 Å². The van der Waals surface area contributed by atoms with Gasteiger partial charge < -0.3 is 19.7 Å². The number of amides is 1. The summed E-state index contributed by atoms with van der Waals surface area (Å²) in [6.45, 7) is 1.62. The predicted molar refractivity (Wildman–Crippen MR) is 71.7 cm³/mol. The number of carbonyl (C=O) groups excluding carboxylic acids is 1. The van der Waals surface area contributed by atoms with E-state index in [9.17, 15) is 14.4 Å². The van der Waals surface area contributed by atoms with Crippen LogP contribution in [-0.4, -0.2) is 40.8 Å². The number of nitrogens with one attached hydrogen (secondary N) is 1. The lowest BCUT2D eigenvalue weighted by atomic mass is 9.98. The van der Waals surface area contributed by atoms with Crippen molar-refractivity contribution in [3.05, 3.63) is 34.2 Å². The monoisotopic (exact) mass is 282 g/mol. The van der Waals surface area contributed by atoms with Crippen molar-refractivity contribution in [1.82, 2.24) is 9.88 Å². The molecule has 1 aromatic heterocycles. The highest BCUT2D eigenvalue weighted by atomic mass is 16.5. The van der Waals surface area contributed by atoms with Crippen LogP contribution in [0, 0.1) is 0 Å². The second kappa shape index (κ2) is 6.33. The Morgan fingerprint density at radius 3 is 2.65 bits per heavy atom. The highest BCUT2D eigenvalue weighted by Gasteiger charge is 2.30. The molecule has 0 spiro atoms. The first-order valence-corrected chi connectivity index (χ1v) is 5.97. The molecule has 0 aliphatic carbocycles. The summed E-state index contributed by atoms with van der Waals surface area (Å²) in [5, 5.41) is 11.5. The van der Waals surface area contributed by atoms with E-state index in [1.165, 1.54) is 30.0 Å². The molecule has 1 heterocycles. The van der Waals surface area contributed by atoms with Crippen LogP contribution in [-0.2, 0) is 16.6 Å². The lowest BCUT2D eigenvalue weighted by molar-refractivity contribution is -0.139. The number of carbonyl (C=O) groups is 2. The van der Waals surface area contributed by atoms with Crippen LogP contribution in [0.25, 0.3) is 0 Å². The first-order valence-electron chi connectivity index (χ1n) is 5.97. The molecule has 0 aliphatic heterocycles. The molecule has 0 radical (unpaired) electrons. The summed E-state index contributed by atoms with van der Waals surface area (Å²) >= 11 is 0. The number of aryl methyl sites for hydroxylation is 1. The molecular weight excluding hydrogens is 264 g/mol. The minimum Gasteiger partial charge on any atom is -0.481 e. The van der Waals surface area contributed by atoms with Crippen LogP contribution >= 0.6 is 0 Å². The van der Waals surface area contributed by atoms with Crippen molar-refractivity contribution >= 4 is 11.9 Å². The normalized spacial score (nSPS) is 13.6. The summed E-state index contributed by atoms with van der Waals surface area (Å²) in [5.41, 5.74) is -1.18. The largest absolute Gasteiger partial charge is 0.481 e. The summed E-state index contributed by atoms with van der Waals surface area (Å²) < 4.78 is 6.28. The maximum Gasteiger partial charge on any atom is 0.305 e. The third-order valence-corrected chi connectivity index (χ3v) is 2.79. The third-order valence-electron chi connectivity index (χ3n) is 2.79. The van der Waals surface area contributed by atoms with Crippen LogP contribution in [0.5, 0.6) is 0 Å². The zero-order valence-electron chi connectivity index (χ0n) is 11.7. The van der Waals surface area contributed by atoms with E-state index in [0.717, 1.165) is 0 Å². The predicted octanol–water partition coefficient (Wildman–Crippen LogP) is -0.00510. The fraction of sp³-hybridized carbons (Fsp3) is 0.462. The number of carboxylic acid groups (broad SMARTS) is 1. The molecule has 110 valence electrons. The number of methoxy groups -OCH3 is 1. The van der Waals surface area contributed by atoms with E-state index < -0.39 is 17.4 Å². The smallest absolute Gasteiger partial charge is 0.305 e. The Morgan fingerprint density at radius 1 is 1.50 bits per heavy atom. The summed E-state index contributed by atoms with van der Waals surface area (Å²) in [4.78, 5) is 34.4. The van der Waals surface area contributed by atoms with Gasteiger partial charge in [-0.3, -0.25) is 14.4 Å². The highest BCUT2D eigenvalue weighted by Crippen LogP contribution is 2.11. The Kier molecular flexibility index (Phi) is 5.04. The first-order chi connectivity index (χ1) is 9.27. The minimum atomic E-state index is -1.05. The third kappa shape index (κ3) is 4.20. The van der Waals surface area contributed by atoms with Crippen molar-refractivity contribution in [2.24, 2.45) is 7.05 Å². The molecule has 0 fully saturated rings. The summed E-state index contributed by atoms with van der Waals surface area (Å²) in [7, 11) is 2.99. The second-order valence-electron chi connectivity index (χ2n) is 4.88. The van der Waals surface area contributed by atoms with Gasteiger partial charge in [0.15, 0.2) is 0 Å². The van der Waals surface area contributed by atoms with E-state index in [1.54, 1.807) is 14.0 Å². The molecule has 1 unspecified atom stereocenters. The number of hydrogen-bond acceptors (Lipinski definition) is 4. The number of hydrogen-bond donors (Lipinski definition) is 2. The van der Waals surface area contributed by atoms with Crippen molar-refractivity contribution in [1.29, 1.82) is 0 Å². The van der Waals surface area contributed by atoms with Crippen molar-refractivity contribution < 1.29 is 19.4 Å². The molecule has 2 N–H and O–H groups in total. The average molecular weight is 282 g/mol. The van der Waals surface area contributed by atoms with Gasteiger partial charge >= 0.3 is 5.97 Å². The molecule has 0 aliphatic rings. The minimum absolute atomic E-state index is 0.0515. The summed E-state index contributed by atoms with van der Waals surface area (Å²) in [5.74, 6) is -1.56. The lowest BCUT2D eigenvalue weighted by Crippen LogP contribution is -2.50. The van der Waals surface area contributed by atoms with E-state index in [1.807, 2.05) is 0 Å². The fourth-order valence-electron chi connectivity index (χ4n) is 1.82. The van der Waals surface area contributed by atoms with Crippen LogP contribution in [0.2, 0.25) is 0 Å². The van der Waals surface area contributed by atoms with Crippen molar-refractivity contribution in [3.8, 4) is 0 Å². The Bertz CT molecular complexity index is 566. The lowest BCUT2D eigenvalue weighted by Gasteiger charge is -2.28. The number of aromatic nitrogens is 1. The fourth-order valence-corrected chi connectivity index (χ4v) is 1.82. The van der Waals surface area contributed by atoms with Gasteiger partial charge in [-0.25, -0.2) is 0 Å². The van der Waals surface area contributed by atoms with Gasteiger partial charge in [-0.15, -0.1) is 0 Å². The van der Waals surface area contributed by atoms with E-state index >= 15 is 0 Å².